The molecule has 0 aliphatic heterocycles. The first-order valence-electron chi connectivity index (χ1n) is 5.42. The molecule has 1 nitrogen and oxygen atoms in total. The monoisotopic (exact) mass is 376 g/mol. The Morgan fingerprint density at radius 3 is 2.28 bits per heavy atom. The molecule has 0 amide bonds. The maximum atomic E-state index is 12.7. The smallest absolute Gasteiger partial charge is 0.373 e. The predicted molar refractivity (Wildman–Crippen MR) is 69.3 cm³/mol. The lowest BCUT2D eigenvalue weighted by Crippen LogP contribution is -2.11. The van der Waals surface area contributed by atoms with Crippen molar-refractivity contribution in [3.05, 3.63) is 35.6 Å². The first-order chi connectivity index (χ1) is 8.42. The fourth-order valence-electron chi connectivity index (χ4n) is 1.41. The predicted octanol–water partition coefficient (Wildman–Crippen LogP) is 4.66. The van der Waals surface area contributed by atoms with Gasteiger partial charge in [-0.1, -0.05) is 34.7 Å². The SMILES string of the molecule is Fc1ccc(C(CI)OCCCC(F)(F)F)cc1. The van der Waals surface area contributed by atoms with E-state index in [1.807, 2.05) is 0 Å². The highest BCUT2D eigenvalue weighted by Crippen LogP contribution is 2.24. The van der Waals surface area contributed by atoms with Gasteiger partial charge in [-0.3, -0.25) is 0 Å². The van der Waals surface area contributed by atoms with Crippen LogP contribution in [0.1, 0.15) is 24.5 Å². The van der Waals surface area contributed by atoms with Crippen LogP contribution < -0.4 is 0 Å². The molecule has 0 fully saturated rings. The maximum Gasteiger partial charge on any atom is 0.389 e. The molecule has 1 unspecified atom stereocenters. The van der Waals surface area contributed by atoms with Gasteiger partial charge in [0.25, 0.3) is 0 Å². The summed E-state index contributed by atoms with van der Waals surface area (Å²) in [5, 5.41) is 0. The van der Waals surface area contributed by atoms with Gasteiger partial charge in [0.1, 0.15) is 5.82 Å². The van der Waals surface area contributed by atoms with Crippen LogP contribution in [0.2, 0.25) is 0 Å². The van der Waals surface area contributed by atoms with Gasteiger partial charge in [-0.25, -0.2) is 4.39 Å². The van der Waals surface area contributed by atoms with Crippen LogP contribution in [0.15, 0.2) is 24.3 Å². The van der Waals surface area contributed by atoms with Crippen LogP contribution in [0, 0.1) is 5.82 Å². The molecule has 0 spiro atoms. The number of halogens is 5. The highest BCUT2D eigenvalue weighted by atomic mass is 127. The number of alkyl halides is 4. The van der Waals surface area contributed by atoms with Crippen LogP contribution >= 0.6 is 22.6 Å². The number of hydrogen-bond donors (Lipinski definition) is 0. The Bertz CT molecular complexity index is 350. The lowest BCUT2D eigenvalue weighted by atomic mass is 10.1. The molecular weight excluding hydrogens is 363 g/mol. The third-order valence-electron chi connectivity index (χ3n) is 2.31. The normalized spacial score (nSPS) is 13.6. The van der Waals surface area contributed by atoms with E-state index in [0.29, 0.717) is 4.43 Å². The maximum absolute atomic E-state index is 12.7. The Balaban J connectivity index is 2.40. The molecule has 0 saturated carbocycles. The zero-order valence-corrected chi connectivity index (χ0v) is 11.7. The summed E-state index contributed by atoms with van der Waals surface area (Å²) in [6.07, 6.45) is -5.33. The second-order valence-corrected chi connectivity index (χ2v) is 4.66. The van der Waals surface area contributed by atoms with Gasteiger partial charge in [0.05, 0.1) is 6.10 Å². The zero-order valence-electron chi connectivity index (χ0n) is 9.51. The third kappa shape index (κ3) is 5.99. The molecule has 102 valence electrons. The molecule has 0 N–H and O–H groups in total. The van der Waals surface area contributed by atoms with E-state index < -0.39 is 12.6 Å². The molecule has 1 aromatic carbocycles. The minimum atomic E-state index is -4.14. The fourth-order valence-corrected chi connectivity index (χ4v) is 2.17. The van der Waals surface area contributed by atoms with Gasteiger partial charge in [-0.15, -0.1) is 0 Å². The van der Waals surface area contributed by atoms with Gasteiger partial charge in [-0.2, -0.15) is 13.2 Å². The van der Waals surface area contributed by atoms with Crippen LogP contribution in [-0.2, 0) is 4.74 Å². The van der Waals surface area contributed by atoms with E-state index in [9.17, 15) is 17.6 Å². The second kappa shape index (κ2) is 7.28. The molecule has 6 heteroatoms. The summed E-state index contributed by atoms with van der Waals surface area (Å²) in [6, 6.07) is 5.80. The molecule has 0 saturated heterocycles. The van der Waals surface area contributed by atoms with Crippen LogP contribution in [0.4, 0.5) is 17.6 Å². The molecule has 0 bridgehead atoms. The second-order valence-electron chi connectivity index (χ2n) is 3.78. The topological polar surface area (TPSA) is 9.23 Å². The van der Waals surface area contributed by atoms with Crippen molar-refractivity contribution in [2.24, 2.45) is 0 Å². The van der Waals surface area contributed by atoms with Gasteiger partial charge >= 0.3 is 6.18 Å². The van der Waals surface area contributed by atoms with Gasteiger partial charge in [-0.05, 0) is 24.1 Å². The molecule has 0 heterocycles. The minimum Gasteiger partial charge on any atom is -0.373 e. The lowest BCUT2D eigenvalue weighted by molar-refractivity contribution is -0.138. The summed E-state index contributed by atoms with van der Waals surface area (Å²) in [5.41, 5.74) is 0.776. The number of hydrogen-bond acceptors (Lipinski definition) is 1. The van der Waals surface area contributed by atoms with Gasteiger partial charge in [0.2, 0.25) is 0 Å². The summed E-state index contributed by atoms with van der Waals surface area (Å²) in [7, 11) is 0. The van der Waals surface area contributed by atoms with Crippen LogP contribution in [0.3, 0.4) is 0 Å². The average molecular weight is 376 g/mol. The van der Waals surface area contributed by atoms with Crippen molar-refractivity contribution in [2.75, 3.05) is 11.0 Å². The van der Waals surface area contributed by atoms with Gasteiger partial charge < -0.3 is 4.74 Å². The molecule has 1 aromatic rings. The van der Waals surface area contributed by atoms with Crippen molar-refractivity contribution in [2.45, 2.75) is 25.1 Å². The van der Waals surface area contributed by atoms with E-state index in [-0.39, 0.29) is 24.9 Å². The summed E-state index contributed by atoms with van der Waals surface area (Å²) in [4.78, 5) is 0. The Labute approximate surface area is 117 Å². The van der Waals surface area contributed by atoms with E-state index in [1.165, 1.54) is 12.1 Å². The summed E-state index contributed by atoms with van der Waals surface area (Å²) in [5.74, 6) is -0.344. The minimum absolute atomic E-state index is 0.0462. The largest absolute Gasteiger partial charge is 0.389 e. The van der Waals surface area contributed by atoms with Gasteiger partial charge in [0, 0.05) is 17.5 Å². The Morgan fingerprint density at radius 1 is 1.17 bits per heavy atom. The van der Waals surface area contributed by atoms with Crippen molar-refractivity contribution in [1.29, 1.82) is 0 Å². The molecule has 0 aromatic heterocycles. The highest BCUT2D eigenvalue weighted by molar-refractivity contribution is 14.1. The van der Waals surface area contributed by atoms with Crippen molar-refractivity contribution in [3.63, 3.8) is 0 Å². The van der Waals surface area contributed by atoms with Crippen LogP contribution in [-0.4, -0.2) is 17.2 Å². The molecule has 0 radical (unpaired) electrons. The highest BCUT2D eigenvalue weighted by Gasteiger charge is 2.26. The molecule has 0 aliphatic rings. The Morgan fingerprint density at radius 2 is 1.78 bits per heavy atom. The van der Waals surface area contributed by atoms with E-state index in [4.69, 9.17) is 4.74 Å². The van der Waals surface area contributed by atoms with Crippen LogP contribution in [0.25, 0.3) is 0 Å². The first-order valence-corrected chi connectivity index (χ1v) is 6.94. The molecular formula is C12H13F4IO. The fraction of sp³-hybridized carbons (Fsp3) is 0.500. The summed E-state index contributed by atoms with van der Waals surface area (Å²) < 4.78 is 54.5. The van der Waals surface area contributed by atoms with E-state index >= 15 is 0 Å². The van der Waals surface area contributed by atoms with Crippen molar-refractivity contribution < 1.29 is 22.3 Å². The Kier molecular flexibility index (Phi) is 6.34. The summed E-state index contributed by atoms with van der Waals surface area (Å²) in [6.45, 7) is 0.0462. The van der Waals surface area contributed by atoms with E-state index in [2.05, 4.69) is 22.6 Å². The van der Waals surface area contributed by atoms with Crippen molar-refractivity contribution in [1.82, 2.24) is 0 Å². The van der Waals surface area contributed by atoms with Crippen LogP contribution in [0.5, 0.6) is 0 Å². The standard InChI is InChI=1S/C12H13F4IO/c13-10-4-2-9(3-5-10)11(8-17)18-7-1-6-12(14,15)16/h2-5,11H,1,6-8H2. The van der Waals surface area contributed by atoms with Crippen molar-refractivity contribution >= 4 is 22.6 Å². The molecule has 18 heavy (non-hydrogen) atoms. The number of benzene rings is 1. The molecule has 0 aliphatic carbocycles. The Hall–Kier alpha value is -0.370. The van der Waals surface area contributed by atoms with E-state index in [1.54, 1.807) is 12.1 Å². The first kappa shape index (κ1) is 15.7. The molecule has 1 atom stereocenters. The van der Waals surface area contributed by atoms with E-state index in [0.717, 1.165) is 5.56 Å². The number of ether oxygens (including phenoxy) is 1. The number of rotatable bonds is 6. The summed E-state index contributed by atoms with van der Waals surface area (Å²) >= 11 is 2.09. The lowest BCUT2D eigenvalue weighted by Gasteiger charge is -2.16. The quantitative estimate of drug-likeness (QED) is 0.304. The van der Waals surface area contributed by atoms with Crippen molar-refractivity contribution in [3.8, 4) is 0 Å². The third-order valence-corrected chi connectivity index (χ3v) is 3.11. The average Bonchev–Trinajstić information content (AvgIpc) is 2.29. The molecule has 1 rings (SSSR count). The van der Waals surface area contributed by atoms with Gasteiger partial charge in [0.15, 0.2) is 0 Å². The zero-order chi connectivity index (χ0) is 13.6.